The Balaban J connectivity index is 0.000000200. The van der Waals surface area contributed by atoms with Gasteiger partial charge < -0.3 is 10.2 Å². The summed E-state index contributed by atoms with van der Waals surface area (Å²) in [4.78, 5) is 0. The van der Waals surface area contributed by atoms with E-state index < -0.39 is 0 Å². The summed E-state index contributed by atoms with van der Waals surface area (Å²) in [6.07, 6.45) is 9.65. The van der Waals surface area contributed by atoms with E-state index >= 15 is 0 Å². The van der Waals surface area contributed by atoms with Crippen molar-refractivity contribution in [2.45, 2.75) is 78.6 Å². The Hall–Kier alpha value is -0.860. The average molecular weight is 389 g/mol. The maximum Gasteiger partial charge on any atom is 0.0487 e. The molecule has 0 bridgehead atoms. The SMILES string of the molecule is C[C@@H](C1CCCCC1)[C@@H]1C[C@@]1(C)CO.C[C@@H](c1ccccc1)[C@@H]1C[C@@]1(C)CO.[HH]. The molecule has 0 unspecified atom stereocenters. The minimum atomic E-state index is 0. The number of aliphatic hydroxyl groups excluding tert-OH is 2. The molecule has 2 N–H and O–H groups in total. The van der Waals surface area contributed by atoms with Crippen LogP contribution >= 0.6 is 0 Å². The maximum absolute atomic E-state index is 9.28. The van der Waals surface area contributed by atoms with E-state index in [0.717, 1.165) is 17.8 Å². The largest absolute Gasteiger partial charge is 0.396 e. The molecule has 0 radical (unpaired) electrons. The lowest BCUT2D eigenvalue weighted by Crippen LogP contribution is -2.20. The molecule has 4 rings (SSSR count). The Labute approximate surface area is 174 Å². The first kappa shape index (κ1) is 21.8. The number of rotatable bonds is 6. The topological polar surface area (TPSA) is 40.5 Å². The average Bonchev–Trinajstić information content (AvgIpc) is 3.64. The molecule has 3 aliphatic carbocycles. The van der Waals surface area contributed by atoms with E-state index in [1.807, 2.05) is 6.07 Å². The molecule has 160 valence electrons. The molecule has 1 aromatic rings. The van der Waals surface area contributed by atoms with Crippen molar-refractivity contribution in [3.8, 4) is 0 Å². The van der Waals surface area contributed by atoms with Crippen LogP contribution in [0.15, 0.2) is 30.3 Å². The molecule has 6 atom stereocenters. The minimum Gasteiger partial charge on any atom is -0.396 e. The fourth-order valence-corrected chi connectivity index (χ4v) is 5.83. The molecule has 0 heterocycles. The van der Waals surface area contributed by atoms with Crippen LogP contribution in [0.1, 0.15) is 85.5 Å². The summed E-state index contributed by atoms with van der Waals surface area (Å²) >= 11 is 0. The van der Waals surface area contributed by atoms with Crippen LogP contribution in [0, 0.1) is 34.5 Å². The van der Waals surface area contributed by atoms with E-state index in [1.165, 1.54) is 50.5 Å². The van der Waals surface area contributed by atoms with Crippen LogP contribution in [-0.4, -0.2) is 23.4 Å². The molecule has 2 nitrogen and oxygen atoms in total. The summed E-state index contributed by atoms with van der Waals surface area (Å²) < 4.78 is 0. The molecule has 1 aromatic carbocycles. The highest BCUT2D eigenvalue weighted by Crippen LogP contribution is 2.59. The smallest absolute Gasteiger partial charge is 0.0487 e. The van der Waals surface area contributed by atoms with Gasteiger partial charge in [0.1, 0.15) is 0 Å². The number of hydrogen-bond donors (Lipinski definition) is 2. The Morgan fingerprint density at radius 1 is 0.893 bits per heavy atom. The van der Waals surface area contributed by atoms with E-state index in [0.29, 0.717) is 25.0 Å². The molecule has 28 heavy (non-hydrogen) atoms. The monoisotopic (exact) mass is 388 g/mol. The van der Waals surface area contributed by atoms with Gasteiger partial charge in [-0.2, -0.15) is 0 Å². The van der Waals surface area contributed by atoms with Crippen LogP contribution in [0.3, 0.4) is 0 Å². The van der Waals surface area contributed by atoms with E-state index in [9.17, 15) is 10.2 Å². The summed E-state index contributed by atoms with van der Waals surface area (Å²) in [5.41, 5.74) is 1.88. The third kappa shape index (κ3) is 4.82. The molecule has 3 aliphatic rings. The summed E-state index contributed by atoms with van der Waals surface area (Å²) in [5, 5.41) is 18.5. The fourth-order valence-electron chi connectivity index (χ4n) is 5.83. The van der Waals surface area contributed by atoms with Gasteiger partial charge in [-0.15, -0.1) is 0 Å². The maximum atomic E-state index is 9.28. The molecule has 3 fully saturated rings. The summed E-state index contributed by atoms with van der Waals surface area (Å²) in [7, 11) is 0. The van der Waals surface area contributed by atoms with Crippen molar-refractivity contribution in [2.75, 3.05) is 13.2 Å². The van der Waals surface area contributed by atoms with E-state index in [-0.39, 0.29) is 12.3 Å². The van der Waals surface area contributed by atoms with Gasteiger partial charge in [0.2, 0.25) is 0 Å². The van der Waals surface area contributed by atoms with Crippen LogP contribution in [-0.2, 0) is 0 Å². The Morgan fingerprint density at radius 2 is 1.43 bits per heavy atom. The van der Waals surface area contributed by atoms with Gasteiger partial charge in [-0.3, -0.25) is 0 Å². The first-order valence-corrected chi connectivity index (χ1v) is 11.6. The van der Waals surface area contributed by atoms with Crippen LogP contribution in [0.5, 0.6) is 0 Å². The van der Waals surface area contributed by atoms with Crippen molar-refractivity contribution in [1.29, 1.82) is 0 Å². The lowest BCUT2D eigenvalue weighted by Gasteiger charge is -2.29. The highest BCUT2D eigenvalue weighted by atomic mass is 16.3. The number of hydrogen-bond acceptors (Lipinski definition) is 2. The van der Waals surface area contributed by atoms with Crippen molar-refractivity contribution in [3.05, 3.63) is 35.9 Å². The van der Waals surface area contributed by atoms with Gasteiger partial charge in [0.25, 0.3) is 0 Å². The standard InChI is InChI=1S/C13H24O.C13H18O.H2/c2*1-10(11-6-4-3-5-7-11)12-8-13(12,2)9-14;/h10-12,14H,3-9H2,1-2H3;3-7,10,12,14H,8-9H2,1-2H3;1H/t2*10-,12-,13-;/m00./s1. The number of benzene rings is 1. The quantitative estimate of drug-likeness (QED) is 0.602. The van der Waals surface area contributed by atoms with Crippen molar-refractivity contribution < 1.29 is 11.6 Å². The molecular weight excluding hydrogens is 344 g/mol. The van der Waals surface area contributed by atoms with Gasteiger partial charge in [-0.25, -0.2) is 0 Å². The van der Waals surface area contributed by atoms with E-state index in [2.05, 4.69) is 52.0 Å². The normalized spacial score (nSPS) is 36.8. The molecule has 0 amide bonds. The van der Waals surface area contributed by atoms with Crippen molar-refractivity contribution in [2.24, 2.45) is 34.5 Å². The lowest BCUT2D eigenvalue weighted by atomic mass is 9.77. The molecule has 0 saturated heterocycles. The zero-order valence-electron chi connectivity index (χ0n) is 18.5. The van der Waals surface area contributed by atoms with Gasteiger partial charge >= 0.3 is 0 Å². The predicted molar refractivity (Wildman–Crippen MR) is 119 cm³/mol. The van der Waals surface area contributed by atoms with Crippen molar-refractivity contribution in [1.82, 2.24) is 0 Å². The lowest BCUT2D eigenvalue weighted by molar-refractivity contribution is 0.170. The molecule has 3 saturated carbocycles. The highest BCUT2D eigenvalue weighted by Gasteiger charge is 2.53. The molecule has 0 aliphatic heterocycles. The second kappa shape index (κ2) is 8.88. The van der Waals surface area contributed by atoms with Crippen molar-refractivity contribution >= 4 is 0 Å². The first-order chi connectivity index (χ1) is 13.3. The predicted octanol–water partition coefficient (Wildman–Crippen LogP) is 6.28. The van der Waals surface area contributed by atoms with Gasteiger partial charge in [-0.1, -0.05) is 90.1 Å². The van der Waals surface area contributed by atoms with E-state index in [4.69, 9.17) is 0 Å². The Morgan fingerprint density at radius 3 is 1.93 bits per heavy atom. The van der Waals surface area contributed by atoms with Crippen LogP contribution in [0.25, 0.3) is 0 Å². The number of aliphatic hydroxyl groups is 2. The van der Waals surface area contributed by atoms with Gasteiger partial charge in [0.15, 0.2) is 0 Å². The second-order valence-electron chi connectivity index (χ2n) is 10.7. The Kier molecular flexibility index (Phi) is 6.92. The second-order valence-corrected chi connectivity index (χ2v) is 10.7. The third-order valence-corrected chi connectivity index (χ3v) is 8.52. The van der Waals surface area contributed by atoms with Crippen LogP contribution in [0.4, 0.5) is 0 Å². The van der Waals surface area contributed by atoms with Gasteiger partial charge in [0, 0.05) is 14.6 Å². The van der Waals surface area contributed by atoms with Crippen LogP contribution in [0.2, 0.25) is 0 Å². The minimum absolute atomic E-state index is 0. The molecule has 0 aromatic heterocycles. The summed E-state index contributed by atoms with van der Waals surface area (Å²) in [6.45, 7) is 9.83. The molecule has 0 spiro atoms. The van der Waals surface area contributed by atoms with Gasteiger partial charge in [0.05, 0.1) is 0 Å². The molecule has 2 heteroatoms. The fraction of sp³-hybridized carbons (Fsp3) is 0.769. The summed E-state index contributed by atoms with van der Waals surface area (Å²) in [6, 6.07) is 10.6. The Bertz CT molecular complexity index is 610. The van der Waals surface area contributed by atoms with E-state index in [1.54, 1.807) is 0 Å². The zero-order chi connectivity index (χ0) is 20.4. The zero-order valence-corrected chi connectivity index (χ0v) is 18.5. The first-order valence-electron chi connectivity index (χ1n) is 11.6. The third-order valence-electron chi connectivity index (χ3n) is 8.52. The summed E-state index contributed by atoms with van der Waals surface area (Å²) in [5.74, 6) is 3.87. The van der Waals surface area contributed by atoms with Crippen molar-refractivity contribution in [3.63, 3.8) is 0 Å². The van der Waals surface area contributed by atoms with Gasteiger partial charge in [-0.05, 0) is 58.8 Å². The van der Waals surface area contributed by atoms with Crippen LogP contribution < -0.4 is 0 Å². The highest BCUT2D eigenvalue weighted by molar-refractivity contribution is 5.23. The molecular formula is C26H44O2.